The average Bonchev–Trinajstić information content (AvgIpc) is 1.86. The fourth-order valence-corrected chi connectivity index (χ4v) is 1.23. The van der Waals surface area contributed by atoms with E-state index >= 15 is 0 Å². The molecule has 0 saturated carbocycles. The van der Waals surface area contributed by atoms with E-state index in [0.29, 0.717) is 6.42 Å². The lowest BCUT2D eigenvalue weighted by atomic mass is 10.2. The summed E-state index contributed by atoms with van der Waals surface area (Å²) in [6.07, 6.45) is 2.66. The van der Waals surface area contributed by atoms with Gasteiger partial charge in [0.05, 0.1) is 6.10 Å². The number of carbonyl (C=O) groups excluding carboxylic acids is 1. The molecular formula is C8H15IO2. The van der Waals surface area contributed by atoms with E-state index < -0.39 is 0 Å². The van der Waals surface area contributed by atoms with Crippen LogP contribution in [0.1, 0.15) is 33.1 Å². The Morgan fingerprint density at radius 2 is 2.09 bits per heavy atom. The summed E-state index contributed by atoms with van der Waals surface area (Å²) in [5.74, 6) is -0.0650. The van der Waals surface area contributed by atoms with E-state index in [0.717, 1.165) is 17.3 Å². The van der Waals surface area contributed by atoms with Crippen LogP contribution < -0.4 is 0 Å². The zero-order chi connectivity index (χ0) is 8.69. The molecule has 0 rings (SSSR count). The summed E-state index contributed by atoms with van der Waals surface area (Å²) in [5, 5.41) is 0. The molecule has 0 fully saturated rings. The first kappa shape index (κ1) is 11.2. The van der Waals surface area contributed by atoms with Crippen molar-refractivity contribution in [1.29, 1.82) is 0 Å². The summed E-state index contributed by atoms with van der Waals surface area (Å²) in [6, 6.07) is 0. The maximum absolute atomic E-state index is 10.9. The lowest BCUT2D eigenvalue weighted by molar-refractivity contribution is -0.147. The van der Waals surface area contributed by atoms with Crippen molar-refractivity contribution >= 4 is 28.6 Å². The molecule has 0 aromatic carbocycles. The lowest BCUT2D eigenvalue weighted by Crippen LogP contribution is -2.10. The summed E-state index contributed by atoms with van der Waals surface area (Å²) in [6.45, 7) is 3.74. The van der Waals surface area contributed by atoms with Gasteiger partial charge in [-0.15, -0.1) is 0 Å². The van der Waals surface area contributed by atoms with Gasteiger partial charge in [-0.05, 0) is 31.1 Å². The van der Waals surface area contributed by atoms with Gasteiger partial charge in [-0.25, -0.2) is 0 Å². The van der Waals surface area contributed by atoms with Crippen LogP contribution in [0.5, 0.6) is 0 Å². The van der Waals surface area contributed by atoms with Crippen LogP contribution >= 0.6 is 22.6 Å². The van der Waals surface area contributed by atoms with Crippen LogP contribution in [0.4, 0.5) is 0 Å². The molecule has 0 heterocycles. The second-order valence-electron chi connectivity index (χ2n) is 2.68. The molecule has 0 aromatic heterocycles. The number of ether oxygens (including phenoxy) is 1. The van der Waals surface area contributed by atoms with Crippen molar-refractivity contribution in [2.75, 3.05) is 4.43 Å². The fraction of sp³-hybridized carbons (Fsp3) is 0.875. The largest absolute Gasteiger partial charge is 0.463 e. The quantitative estimate of drug-likeness (QED) is 0.332. The number of rotatable bonds is 5. The Hall–Kier alpha value is 0.200. The molecule has 0 spiro atoms. The third-order valence-corrected chi connectivity index (χ3v) is 1.89. The lowest BCUT2D eigenvalue weighted by Gasteiger charge is -2.06. The van der Waals surface area contributed by atoms with E-state index in [1.807, 2.05) is 13.8 Å². The van der Waals surface area contributed by atoms with Crippen molar-refractivity contribution in [3.05, 3.63) is 0 Å². The maximum Gasteiger partial charge on any atom is 0.306 e. The zero-order valence-corrected chi connectivity index (χ0v) is 9.26. The Morgan fingerprint density at radius 3 is 2.55 bits per heavy atom. The number of hydrogen-bond acceptors (Lipinski definition) is 2. The van der Waals surface area contributed by atoms with Gasteiger partial charge in [0.15, 0.2) is 0 Å². The molecule has 0 aliphatic rings. The summed E-state index contributed by atoms with van der Waals surface area (Å²) >= 11 is 2.31. The summed E-state index contributed by atoms with van der Waals surface area (Å²) < 4.78 is 6.07. The van der Waals surface area contributed by atoms with Gasteiger partial charge in [0, 0.05) is 6.42 Å². The van der Waals surface area contributed by atoms with Crippen molar-refractivity contribution < 1.29 is 9.53 Å². The number of alkyl halides is 1. The smallest absolute Gasteiger partial charge is 0.306 e. The maximum atomic E-state index is 10.9. The molecular weight excluding hydrogens is 255 g/mol. The molecule has 66 valence electrons. The Kier molecular flexibility index (Phi) is 7.01. The molecule has 0 atom stereocenters. The number of carbonyl (C=O) groups is 1. The van der Waals surface area contributed by atoms with Crippen molar-refractivity contribution in [2.45, 2.75) is 39.2 Å². The molecule has 0 aliphatic carbocycles. The first-order chi connectivity index (χ1) is 5.16. The molecule has 0 aliphatic heterocycles. The van der Waals surface area contributed by atoms with Gasteiger partial charge in [0.1, 0.15) is 0 Å². The van der Waals surface area contributed by atoms with E-state index in [4.69, 9.17) is 4.74 Å². The molecule has 2 nitrogen and oxygen atoms in total. The minimum absolute atomic E-state index is 0.0297. The van der Waals surface area contributed by atoms with E-state index in [2.05, 4.69) is 22.6 Å². The molecule has 0 aromatic rings. The molecule has 0 N–H and O–H groups in total. The van der Waals surface area contributed by atoms with E-state index in [1.54, 1.807) is 0 Å². The first-order valence-electron chi connectivity index (χ1n) is 3.92. The number of unbranched alkanes of at least 4 members (excludes halogenated alkanes) is 1. The van der Waals surface area contributed by atoms with E-state index in [1.165, 1.54) is 0 Å². The van der Waals surface area contributed by atoms with Crippen LogP contribution in [0.3, 0.4) is 0 Å². The van der Waals surface area contributed by atoms with E-state index in [-0.39, 0.29) is 12.1 Å². The minimum Gasteiger partial charge on any atom is -0.463 e. The van der Waals surface area contributed by atoms with Gasteiger partial charge in [0.25, 0.3) is 0 Å². The number of esters is 1. The topological polar surface area (TPSA) is 26.3 Å². The average molecular weight is 270 g/mol. The molecule has 0 unspecified atom stereocenters. The standard InChI is InChI=1S/C8H15IO2/c1-7(2)11-8(10)5-3-4-6-9/h7H,3-6H2,1-2H3. The summed E-state index contributed by atoms with van der Waals surface area (Å²) in [4.78, 5) is 10.9. The van der Waals surface area contributed by atoms with Crippen LogP contribution in [0.15, 0.2) is 0 Å². The van der Waals surface area contributed by atoms with Crippen molar-refractivity contribution in [1.82, 2.24) is 0 Å². The Bertz CT molecular complexity index is 113. The highest BCUT2D eigenvalue weighted by Crippen LogP contribution is 2.01. The highest BCUT2D eigenvalue weighted by atomic mass is 127. The van der Waals surface area contributed by atoms with Crippen molar-refractivity contribution in [3.63, 3.8) is 0 Å². The van der Waals surface area contributed by atoms with Gasteiger partial charge < -0.3 is 4.74 Å². The summed E-state index contributed by atoms with van der Waals surface area (Å²) in [5.41, 5.74) is 0. The second-order valence-corrected chi connectivity index (χ2v) is 3.76. The van der Waals surface area contributed by atoms with Crippen LogP contribution in [0.2, 0.25) is 0 Å². The predicted molar refractivity (Wildman–Crippen MR) is 54.0 cm³/mol. The van der Waals surface area contributed by atoms with Crippen LogP contribution in [0.25, 0.3) is 0 Å². The Morgan fingerprint density at radius 1 is 1.45 bits per heavy atom. The monoisotopic (exact) mass is 270 g/mol. The normalized spacial score (nSPS) is 10.2. The Labute approximate surface area is 81.8 Å². The van der Waals surface area contributed by atoms with Crippen molar-refractivity contribution in [3.8, 4) is 0 Å². The molecule has 0 saturated heterocycles. The number of hydrogen-bond donors (Lipinski definition) is 0. The highest BCUT2D eigenvalue weighted by Gasteiger charge is 2.03. The van der Waals surface area contributed by atoms with E-state index in [9.17, 15) is 4.79 Å². The molecule has 3 heteroatoms. The molecule has 0 amide bonds. The van der Waals surface area contributed by atoms with Gasteiger partial charge in [-0.2, -0.15) is 0 Å². The van der Waals surface area contributed by atoms with Crippen LogP contribution in [-0.4, -0.2) is 16.5 Å². The Balaban J connectivity index is 3.23. The molecule has 0 bridgehead atoms. The number of halogens is 1. The highest BCUT2D eigenvalue weighted by molar-refractivity contribution is 14.1. The third kappa shape index (κ3) is 8.10. The SMILES string of the molecule is CC(C)OC(=O)CCCCI. The zero-order valence-electron chi connectivity index (χ0n) is 7.10. The van der Waals surface area contributed by atoms with Gasteiger partial charge in [-0.3, -0.25) is 4.79 Å². The predicted octanol–water partition coefficient (Wildman–Crippen LogP) is 2.54. The third-order valence-electron chi connectivity index (χ3n) is 1.13. The second kappa shape index (κ2) is 6.88. The summed E-state index contributed by atoms with van der Waals surface area (Å²) in [7, 11) is 0. The van der Waals surface area contributed by atoms with Gasteiger partial charge >= 0.3 is 5.97 Å². The van der Waals surface area contributed by atoms with Crippen molar-refractivity contribution in [2.24, 2.45) is 0 Å². The first-order valence-corrected chi connectivity index (χ1v) is 5.45. The minimum atomic E-state index is -0.0650. The van der Waals surface area contributed by atoms with Crippen LogP contribution in [-0.2, 0) is 9.53 Å². The molecule has 11 heavy (non-hydrogen) atoms. The fourth-order valence-electron chi connectivity index (χ4n) is 0.686. The van der Waals surface area contributed by atoms with Gasteiger partial charge in [-0.1, -0.05) is 22.6 Å². The van der Waals surface area contributed by atoms with Gasteiger partial charge in [0.2, 0.25) is 0 Å². The molecule has 0 radical (unpaired) electrons. The van der Waals surface area contributed by atoms with Crippen LogP contribution in [0, 0.1) is 0 Å².